The first kappa shape index (κ1) is 19.0. The van der Waals surface area contributed by atoms with Gasteiger partial charge in [0.15, 0.2) is 0 Å². The molecule has 142 valence electrons. The topological polar surface area (TPSA) is 32.8 Å². The average Bonchev–Trinajstić information content (AvgIpc) is 2.67. The summed E-state index contributed by atoms with van der Waals surface area (Å²) in [6, 6.07) is 14.2. The smallest absolute Gasteiger partial charge is 0.246 e. The molecule has 0 aromatic heterocycles. The number of ether oxygens (including phenoxy) is 1. The van der Waals surface area contributed by atoms with Crippen LogP contribution in [0.3, 0.4) is 0 Å². The van der Waals surface area contributed by atoms with Gasteiger partial charge in [0.25, 0.3) is 0 Å². The average molecular weight is 368 g/mol. The van der Waals surface area contributed by atoms with Crippen molar-refractivity contribution < 1.29 is 13.9 Å². The molecule has 0 unspecified atom stereocenters. The quantitative estimate of drug-likeness (QED) is 0.749. The van der Waals surface area contributed by atoms with Gasteiger partial charge in [0, 0.05) is 37.9 Å². The lowest BCUT2D eigenvalue weighted by Gasteiger charge is -2.35. The summed E-state index contributed by atoms with van der Waals surface area (Å²) in [7, 11) is 0. The molecule has 1 aliphatic rings. The molecule has 1 amide bonds. The lowest BCUT2D eigenvalue weighted by molar-refractivity contribution is -0.126. The number of hydrogen-bond acceptors (Lipinski definition) is 3. The maximum absolute atomic E-state index is 13.0. The molecule has 1 heterocycles. The van der Waals surface area contributed by atoms with Crippen molar-refractivity contribution in [2.24, 2.45) is 0 Å². The molecule has 2 aromatic carbocycles. The van der Waals surface area contributed by atoms with Crippen molar-refractivity contribution in [3.05, 3.63) is 66.0 Å². The molecule has 1 saturated heterocycles. The molecular weight excluding hydrogens is 343 g/mol. The summed E-state index contributed by atoms with van der Waals surface area (Å²) < 4.78 is 18.7. The van der Waals surface area contributed by atoms with Crippen LogP contribution in [-0.4, -0.2) is 43.1 Å². The molecule has 0 atom stereocenters. The number of rotatable bonds is 5. The first-order valence-electron chi connectivity index (χ1n) is 9.25. The van der Waals surface area contributed by atoms with Crippen molar-refractivity contribution in [3.8, 4) is 5.75 Å². The Hall–Kier alpha value is -2.82. The number of benzene rings is 2. The first-order chi connectivity index (χ1) is 13.0. The van der Waals surface area contributed by atoms with E-state index in [9.17, 15) is 9.18 Å². The Kier molecular flexibility index (Phi) is 6.12. The molecule has 1 aliphatic heterocycles. The monoisotopic (exact) mass is 368 g/mol. The molecule has 0 bridgehead atoms. The van der Waals surface area contributed by atoms with Crippen LogP contribution in [0.15, 0.2) is 54.6 Å². The molecule has 0 radical (unpaired) electrons. The van der Waals surface area contributed by atoms with Crippen molar-refractivity contribution in [1.29, 1.82) is 0 Å². The Morgan fingerprint density at radius 3 is 2.44 bits per heavy atom. The zero-order chi connectivity index (χ0) is 19.2. The highest BCUT2D eigenvalue weighted by Gasteiger charge is 2.19. The van der Waals surface area contributed by atoms with Gasteiger partial charge in [0.05, 0.1) is 6.10 Å². The number of halogens is 1. The van der Waals surface area contributed by atoms with Crippen LogP contribution < -0.4 is 9.64 Å². The third-order valence-electron chi connectivity index (χ3n) is 4.43. The van der Waals surface area contributed by atoms with Gasteiger partial charge in [-0.3, -0.25) is 4.79 Å². The predicted molar refractivity (Wildman–Crippen MR) is 106 cm³/mol. The summed E-state index contributed by atoms with van der Waals surface area (Å²) in [5, 5.41) is 0. The van der Waals surface area contributed by atoms with E-state index in [-0.39, 0.29) is 17.8 Å². The van der Waals surface area contributed by atoms with E-state index in [2.05, 4.69) is 4.90 Å². The van der Waals surface area contributed by atoms with Crippen LogP contribution in [0.4, 0.5) is 10.1 Å². The fourth-order valence-electron chi connectivity index (χ4n) is 3.07. The molecule has 5 heteroatoms. The van der Waals surface area contributed by atoms with E-state index >= 15 is 0 Å². The van der Waals surface area contributed by atoms with Gasteiger partial charge in [-0.1, -0.05) is 12.1 Å². The van der Waals surface area contributed by atoms with Gasteiger partial charge < -0.3 is 14.5 Å². The Morgan fingerprint density at radius 2 is 1.78 bits per heavy atom. The van der Waals surface area contributed by atoms with Crippen LogP contribution in [-0.2, 0) is 4.79 Å². The summed E-state index contributed by atoms with van der Waals surface area (Å²) in [5.41, 5.74) is 1.92. The molecular formula is C22H25FN2O2. The van der Waals surface area contributed by atoms with E-state index in [1.807, 2.05) is 49.1 Å². The first-order valence-corrected chi connectivity index (χ1v) is 9.25. The second-order valence-electron chi connectivity index (χ2n) is 6.86. The molecule has 0 saturated carbocycles. The normalized spacial score (nSPS) is 14.8. The number of nitrogens with zero attached hydrogens (tertiary/aromatic N) is 2. The number of hydrogen-bond donors (Lipinski definition) is 0. The standard InChI is InChI=1S/C22H25FN2O2/c1-17(2)27-21-5-3-4-18(16-21)6-11-22(26)25-14-12-24(13-15-25)20-9-7-19(23)8-10-20/h3-11,16-17H,12-15H2,1-2H3/b11-6+. The molecule has 27 heavy (non-hydrogen) atoms. The Labute approximate surface area is 159 Å². The fraction of sp³-hybridized carbons (Fsp3) is 0.318. The highest BCUT2D eigenvalue weighted by molar-refractivity contribution is 5.92. The molecule has 4 nitrogen and oxygen atoms in total. The number of piperazine rings is 1. The molecule has 3 rings (SSSR count). The van der Waals surface area contributed by atoms with Crippen LogP contribution >= 0.6 is 0 Å². The van der Waals surface area contributed by atoms with Gasteiger partial charge in [0.2, 0.25) is 5.91 Å². The van der Waals surface area contributed by atoms with Crippen molar-refractivity contribution in [3.63, 3.8) is 0 Å². The van der Waals surface area contributed by atoms with Gasteiger partial charge in [-0.15, -0.1) is 0 Å². The van der Waals surface area contributed by atoms with Crippen molar-refractivity contribution in [1.82, 2.24) is 4.90 Å². The summed E-state index contributed by atoms with van der Waals surface area (Å²) in [4.78, 5) is 16.5. The molecule has 0 N–H and O–H groups in total. The van der Waals surface area contributed by atoms with Crippen LogP contribution in [0.2, 0.25) is 0 Å². The number of carbonyl (C=O) groups is 1. The Bertz CT molecular complexity index is 794. The van der Waals surface area contributed by atoms with Crippen molar-refractivity contribution >= 4 is 17.7 Å². The minimum atomic E-state index is -0.236. The highest BCUT2D eigenvalue weighted by Crippen LogP contribution is 2.18. The third kappa shape index (κ3) is 5.33. The van der Waals surface area contributed by atoms with Gasteiger partial charge in [0.1, 0.15) is 11.6 Å². The summed E-state index contributed by atoms with van der Waals surface area (Å²) in [6.45, 7) is 6.75. The van der Waals surface area contributed by atoms with Gasteiger partial charge >= 0.3 is 0 Å². The van der Waals surface area contributed by atoms with Crippen molar-refractivity contribution in [2.75, 3.05) is 31.1 Å². The zero-order valence-corrected chi connectivity index (χ0v) is 15.8. The lowest BCUT2D eigenvalue weighted by Crippen LogP contribution is -2.48. The third-order valence-corrected chi connectivity index (χ3v) is 4.43. The van der Waals surface area contributed by atoms with Crippen LogP contribution in [0.25, 0.3) is 6.08 Å². The maximum atomic E-state index is 13.0. The molecule has 0 spiro atoms. The second-order valence-corrected chi connectivity index (χ2v) is 6.86. The Balaban J connectivity index is 1.55. The summed E-state index contributed by atoms with van der Waals surface area (Å²) in [5.74, 6) is 0.567. The second kappa shape index (κ2) is 8.71. The van der Waals surface area contributed by atoms with E-state index < -0.39 is 0 Å². The van der Waals surface area contributed by atoms with E-state index in [1.165, 1.54) is 12.1 Å². The van der Waals surface area contributed by atoms with Crippen LogP contribution in [0, 0.1) is 5.82 Å². The van der Waals surface area contributed by atoms with E-state index in [0.717, 1.165) is 30.1 Å². The number of amides is 1. The Morgan fingerprint density at radius 1 is 1.07 bits per heavy atom. The van der Waals surface area contributed by atoms with Gasteiger partial charge in [-0.05, 0) is 61.9 Å². The summed E-state index contributed by atoms with van der Waals surface area (Å²) >= 11 is 0. The van der Waals surface area contributed by atoms with E-state index in [4.69, 9.17) is 4.74 Å². The SMILES string of the molecule is CC(C)Oc1cccc(/C=C/C(=O)N2CCN(c3ccc(F)cc3)CC2)c1. The number of carbonyl (C=O) groups excluding carboxylic acids is 1. The minimum absolute atomic E-state index is 0.00365. The fourth-order valence-corrected chi connectivity index (χ4v) is 3.07. The summed E-state index contributed by atoms with van der Waals surface area (Å²) in [6.07, 6.45) is 3.55. The number of anilines is 1. The molecule has 0 aliphatic carbocycles. The largest absolute Gasteiger partial charge is 0.491 e. The van der Waals surface area contributed by atoms with Gasteiger partial charge in [-0.2, -0.15) is 0 Å². The van der Waals surface area contributed by atoms with Gasteiger partial charge in [-0.25, -0.2) is 4.39 Å². The zero-order valence-electron chi connectivity index (χ0n) is 15.8. The predicted octanol–water partition coefficient (Wildman–Crippen LogP) is 3.97. The van der Waals surface area contributed by atoms with Crippen molar-refractivity contribution in [2.45, 2.75) is 20.0 Å². The van der Waals surface area contributed by atoms with Crippen LogP contribution in [0.1, 0.15) is 19.4 Å². The maximum Gasteiger partial charge on any atom is 0.246 e. The lowest BCUT2D eigenvalue weighted by atomic mass is 10.2. The van der Waals surface area contributed by atoms with Crippen LogP contribution in [0.5, 0.6) is 5.75 Å². The highest BCUT2D eigenvalue weighted by atomic mass is 19.1. The molecule has 2 aromatic rings. The minimum Gasteiger partial charge on any atom is -0.491 e. The molecule has 1 fully saturated rings. The van der Waals surface area contributed by atoms with E-state index in [0.29, 0.717) is 13.1 Å². The van der Waals surface area contributed by atoms with E-state index in [1.54, 1.807) is 18.2 Å².